The lowest BCUT2D eigenvalue weighted by atomic mass is 9.93. The standard InChI is InChI=1S/C17H19F3N4O3S2/c18-17(19,20)11-6-5-9(10-8-22-16(21)23-15(10)28)7-14(11)29(26,27)24-12-3-1-2-4-13(12)25/h5-8,12-13,24-25H,1-4H2,(H3,21,22,23,28)/t12-,13+/m1/s1. The molecule has 1 aromatic carbocycles. The van der Waals surface area contributed by atoms with E-state index in [1.54, 1.807) is 0 Å². The summed E-state index contributed by atoms with van der Waals surface area (Å²) < 4.78 is 68.5. The number of nitrogens with zero attached hydrogens (tertiary/aromatic N) is 1. The molecule has 2 aromatic rings. The molecule has 3 rings (SSSR count). The van der Waals surface area contributed by atoms with Crippen molar-refractivity contribution in [3.8, 4) is 11.1 Å². The van der Waals surface area contributed by atoms with Crippen LogP contribution in [-0.2, 0) is 16.2 Å². The van der Waals surface area contributed by atoms with E-state index in [9.17, 15) is 26.7 Å². The Hall–Kier alpha value is -2.02. The zero-order valence-corrected chi connectivity index (χ0v) is 16.7. The van der Waals surface area contributed by atoms with Crippen LogP contribution >= 0.6 is 12.2 Å². The zero-order chi connectivity index (χ0) is 21.4. The average Bonchev–Trinajstić information content (AvgIpc) is 2.62. The van der Waals surface area contributed by atoms with Gasteiger partial charge in [-0.05, 0) is 30.5 Å². The van der Waals surface area contributed by atoms with Gasteiger partial charge in [0.1, 0.15) is 4.64 Å². The van der Waals surface area contributed by atoms with Gasteiger partial charge in [0.2, 0.25) is 10.0 Å². The van der Waals surface area contributed by atoms with Gasteiger partial charge >= 0.3 is 6.18 Å². The first-order valence-electron chi connectivity index (χ1n) is 8.76. The van der Waals surface area contributed by atoms with Crippen molar-refractivity contribution in [1.82, 2.24) is 14.7 Å². The number of aliphatic hydroxyl groups is 1. The minimum absolute atomic E-state index is 0.0199. The molecule has 1 saturated carbocycles. The number of sulfonamides is 1. The van der Waals surface area contributed by atoms with Gasteiger partial charge in [0.25, 0.3) is 0 Å². The van der Waals surface area contributed by atoms with Crippen LogP contribution in [0.3, 0.4) is 0 Å². The normalized spacial score (nSPS) is 20.6. The summed E-state index contributed by atoms with van der Waals surface area (Å²) in [5.41, 5.74) is 4.55. The van der Waals surface area contributed by atoms with Gasteiger partial charge in [0.05, 0.1) is 16.6 Å². The van der Waals surface area contributed by atoms with Crippen molar-refractivity contribution < 1.29 is 26.7 Å². The molecule has 29 heavy (non-hydrogen) atoms. The van der Waals surface area contributed by atoms with Crippen molar-refractivity contribution >= 4 is 28.2 Å². The largest absolute Gasteiger partial charge is 0.417 e. The fourth-order valence-corrected chi connectivity index (χ4v) is 5.10. The predicted molar refractivity (Wildman–Crippen MR) is 103 cm³/mol. The summed E-state index contributed by atoms with van der Waals surface area (Å²) in [7, 11) is -4.58. The Labute approximate surface area is 170 Å². The van der Waals surface area contributed by atoms with Crippen LogP contribution in [0.2, 0.25) is 0 Å². The van der Waals surface area contributed by atoms with Crippen LogP contribution in [0.5, 0.6) is 0 Å². The third-order valence-electron chi connectivity index (χ3n) is 4.74. The van der Waals surface area contributed by atoms with Crippen LogP contribution in [0, 0.1) is 4.64 Å². The van der Waals surface area contributed by atoms with E-state index in [1.165, 1.54) is 6.20 Å². The molecule has 0 radical (unpaired) electrons. The van der Waals surface area contributed by atoms with Crippen molar-refractivity contribution in [3.63, 3.8) is 0 Å². The molecule has 1 fully saturated rings. The van der Waals surface area contributed by atoms with E-state index in [4.69, 9.17) is 18.0 Å². The van der Waals surface area contributed by atoms with Crippen molar-refractivity contribution in [1.29, 1.82) is 0 Å². The first-order chi connectivity index (χ1) is 13.5. The highest BCUT2D eigenvalue weighted by Crippen LogP contribution is 2.37. The van der Waals surface area contributed by atoms with Crippen LogP contribution < -0.4 is 10.5 Å². The second-order valence-electron chi connectivity index (χ2n) is 6.80. The van der Waals surface area contributed by atoms with E-state index in [2.05, 4.69) is 14.7 Å². The average molecular weight is 448 g/mol. The van der Waals surface area contributed by atoms with Gasteiger partial charge in [-0.25, -0.2) is 18.1 Å². The van der Waals surface area contributed by atoms with Gasteiger partial charge in [-0.2, -0.15) is 13.2 Å². The van der Waals surface area contributed by atoms with Gasteiger partial charge < -0.3 is 15.8 Å². The summed E-state index contributed by atoms with van der Waals surface area (Å²) in [6, 6.07) is 1.86. The Morgan fingerprint density at radius 2 is 1.97 bits per heavy atom. The lowest BCUT2D eigenvalue weighted by Gasteiger charge is -2.28. The first-order valence-corrected chi connectivity index (χ1v) is 10.6. The smallest absolute Gasteiger partial charge is 0.391 e. The topological polar surface area (TPSA) is 121 Å². The molecule has 0 bridgehead atoms. The quantitative estimate of drug-likeness (QED) is 0.534. The Morgan fingerprint density at radius 1 is 1.28 bits per heavy atom. The second-order valence-corrected chi connectivity index (χ2v) is 8.89. The maximum Gasteiger partial charge on any atom is 0.417 e. The van der Waals surface area contributed by atoms with E-state index < -0.39 is 38.8 Å². The maximum atomic E-state index is 13.5. The Morgan fingerprint density at radius 3 is 2.59 bits per heavy atom. The third-order valence-corrected chi connectivity index (χ3v) is 6.59. The number of anilines is 1. The molecule has 0 saturated heterocycles. The number of aromatic nitrogens is 2. The molecule has 0 aliphatic heterocycles. The molecule has 7 nitrogen and oxygen atoms in total. The van der Waals surface area contributed by atoms with Crippen molar-refractivity contribution in [2.45, 2.75) is 48.9 Å². The molecule has 5 N–H and O–H groups in total. The molecule has 0 unspecified atom stereocenters. The Bertz CT molecular complexity index is 1070. The molecule has 1 aliphatic rings. The van der Waals surface area contributed by atoms with E-state index >= 15 is 0 Å². The summed E-state index contributed by atoms with van der Waals surface area (Å²) in [6.07, 6.45) is -2.47. The number of hydrogen-bond donors (Lipinski definition) is 4. The monoisotopic (exact) mass is 448 g/mol. The number of aromatic amines is 1. The minimum atomic E-state index is -4.89. The van der Waals surface area contributed by atoms with Crippen molar-refractivity contribution in [2.24, 2.45) is 0 Å². The Balaban J connectivity index is 2.10. The van der Waals surface area contributed by atoms with E-state index in [0.29, 0.717) is 25.3 Å². The van der Waals surface area contributed by atoms with Crippen LogP contribution in [0.4, 0.5) is 19.1 Å². The van der Waals surface area contributed by atoms with Gasteiger partial charge in [-0.15, -0.1) is 0 Å². The molecule has 2 atom stereocenters. The fourth-order valence-electron chi connectivity index (χ4n) is 3.27. The van der Waals surface area contributed by atoms with Gasteiger partial charge in [-0.1, -0.05) is 31.1 Å². The molecule has 0 spiro atoms. The van der Waals surface area contributed by atoms with Crippen LogP contribution in [0.15, 0.2) is 29.3 Å². The zero-order valence-electron chi connectivity index (χ0n) is 15.0. The van der Waals surface area contributed by atoms with Crippen molar-refractivity contribution in [3.05, 3.63) is 34.6 Å². The number of nitrogen functional groups attached to an aromatic ring is 1. The number of nitrogens with one attached hydrogen (secondary N) is 2. The van der Waals surface area contributed by atoms with Crippen molar-refractivity contribution in [2.75, 3.05) is 5.73 Å². The van der Waals surface area contributed by atoms with Crippen LogP contribution in [-0.4, -0.2) is 35.6 Å². The first kappa shape index (κ1) is 21.7. The lowest BCUT2D eigenvalue weighted by molar-refractivity contribution is -0.139. The number of alkyl halides is 3. The fraction of sp³-hybridized carbons (Fsp3) is 0.412. The van der Waals surface area contributed by atoms with Crippen LogP contribution in [0.25, 0.3) is 11.1 Å². The highest BCUT2D eigenvalue weighted by molar-refractivity contribution is 7.89. The lowest BCUT2D eigenvalue weighted by Crippen LogP contribution is -2.45. The number of H-pyrrole nitrogens is 1. The second kappa shape index (κ2) is 8.01. The SMILES string of the molecule is Nc1ncc(-c2ccc(C(F)(F)F)c(S(=O)(=O)N[C@@H]3CCCC[C@@H]3O)c2)c(=S)[nH]1. The summed E-state index contributed by atoms with van der Waals surface area (Å²) in [5, 5.41) is 10.0. The summed E-state index contributed by atoms with van der Waals surface area (Å²) in [5.74, 6) is 0.0199. The van der Waals surface area contributed by atoms with Gasteiger partial charge in [-0.3, -0.25) is 0 Å². The van der Waals surface area contributed by atoms with Gasteiger partial charge in [0, 0.05) is 17.8 Å². The molecule has 1 heterocycles. The highest BCUT2D eigenvalue weighted by Gasteiger charge is 2.39. The highest BCUT2D eigenvalue weighted by atomic mass is 32.2. The molecular weight excluding hydrogens is 429 g/mol. The minimum Gasteiger partial charge on any atom is -0.391 e. The number of aliphatic hydroxyl groups excluding tert-OH is 1. The molecule has 12 heteroatoms. The van der Waals surface area contributed by atoms with Crippen LogP contribution in [0.1, 0.15) is 31.2 Å². The summed E-state index contributed by atoms with van der Waals surface area (Å²) in [6.45, 7) is 0. The molecule has 1 aromatic heterocycles. The summed E-state index contributed by atoms with van der Waals surface area (Å²) in [4.78, 5) is 5.45. The van der Waals surface area contributed by atoms with Gasteiger partial charge in [0.15, 0.2) is 5.95 Å². The maximum absolute atomic E-state index is 13.5. The molecular formula is C17H19F3N4O3S2. The van der Waals surface area contributed by atoms with E-state index in [0.717, 1.165) is 18.6 Å². The number of nitrogens with two attached hydrogens (primary N) is 1. The number of halogens is 3. The number of hydrogen-bond acceptors (Lipinski definition) is 6. The summed E-state index contributed by atoms with van der Waals surface area (Å²) >= 11 is 5.11. The number of rotatable bonds is 4. The molecule has 158 valence electrons. The molecule has 0 amide bonds. The Kier molecular flexibility index (Phi) is 5.99. The van der Waals surface area contributed by atoms with E-state index in [-0.39, 0.29) is 21.7 Å². The number of benzene rings is 1. The molecule has 1 aliphatic carbocycles. The van der Waals surface area contributed by atoms with E-state index in [1.807, 2.05) is 0 Å². The predicted octanol–water partition coefficient (Wildman–Crippen LogP) is 2.99. The third kappa shape index (κ3) is 4.77.